The van der Waals surface area contributed by atoms with Crippen molar-refractivity contribution in [3.05, 3.63) is 84.6 Å². The molecule has 1 fully saturated rings. The molecule has 5 atom stereocenters. The van der Waals surface area contributed by atoms with Crippen LogP contribution in [0.5, 0.6) is 0 Å². The summed E-state index contributed by atoms with van der Waals surface area (Å²) in [5, 5.41) is 30.9. The van der Waals surface area contributed by atoms with E-state index in [9.17, 15) is 20.1 Å². The van der Waals surface area contributed by atoms with Crippen molar-refractivity contribution in [2.24, 2.45) is 0 Å². The zero-order valence-electron chi connectivity index (χ0n) is 19.8. The standard InChI is InChI=1S/C28H39NO4/c1-3-4-5-6-7-9-15-23-20-27(32)26-19-22(2)14-12-13-17-25(31)21-24(30)16-10-8-11-18-28(33)29(23)26/h5-14,17-19,23-27,30-32H,3-4,15-16,20-21H2,1-2H3/b6-5+,9-7+,10-8+,14-12+,17-13+,18-11+,22-19?. The Labute approximate surface area is 198 Å². The Kier molecular flexibility index (Phi) is 11.9. The van der Waals surface area contributed by atoms with Crippen LogP contribution in [-0.4, -0.2) is 56.5 Å². The Morgan fingerprint density at radius 3 is 2.58 bits per heavy atom. The molecule has 0 aromatic rings. The molecule has 3 N–H and O–H groups in total. The first-order valence-corrected chi connectivity index (χ1v) is 12.0. The lowest BCUT2D eigenvalue weighted by Gasteiger charge is -2.28. The smallest absolute Gasteiger partial charge is 0.247 e. The van der Waals surface area contributed by atoms with E-state index in [0.717, 1.165) is 18.4 Å². The first-order chi connectivity index (χ1) is 15.9. The average Bonchev–Trinajstić information content (AvgIpc) is 3.07. The number of hydrogen-bond acceptors (Lipinski definition) is 4. The number of amides is 1. The van der Waals surface area contributed by atoms with Gasteiger partial charge in [-0.25, -0.2) is 0 Å². The van der Waals surface area contributed by atoms with Gasteiger partial charge in [-0.15, -0.1) is 0 Å². The lowest BCUT2D eigenvalue weighted by molar-refractivity contribution is -0.128. The van der Waals surface area contributed by atoms with Crippen LogP contribution >= 0.6 is 0 Å². The molecule has 0 bridgehead atoms. The number of unbranched alkanes of at least 4 members (excludes halogenated alkanes) is 1. The average molecular weight is 454 g/mol. The molecule has 0 aromatic heterocycles. The van der Waals surface area contributed by atoms with Crippen LogP contribution in [0.1, 0.15) is 52.4 Å². The molecule has 0 radical (unpaired) electrons. The van der Waals surface area contributed by atoms with E-state index in [0.29, 0.717) is 19.3 Å². The third-order valence-corrected chi connectivity index (χ3v) is 5.77. The molecule has 5 nitrogen and oxygen atoms in total. The second-order valence-electron chi connectivity index (χ2n) is 8.71. The van der Waals surface area contributed by atoms with Crippen LogP contribution in [0.3, 0.4) is 0 Å². The summed E-state index contributed by atoms with van der Waals surface area (Å²) >= 11 is 0. The number of aliphatic hydroxyl groups excluding tert-OH is 3. The third kappa shape index (κ3) is 9.50. The summed E-state index contributed by atoms with van der Waals surface area (Å²) in [5.41, 5.74) is 0.919. The maximum Gasteiger partial charge on any atom is 0.247 e. The van der Waals surface area contributed by atoms with Crippen LogP contribution in [0.25, 0.3) is 0 Å². The maximum atomic E-state index is 13.1. The molecular weight excluding hydrogens is 414 g/mol. The number of carbonyl (C=O) groups excluding carboxylic acids is 1. The van der Waals surface area contributed by atoms with Gasteiger partial charge >= 0.3 is 0 Å². The molecule has 2 rings (SSSR count). The van der Waals surface area contributed by atoms with Crippen molar-refractivity contribution < 1.29 is 20.1 Å². The molecule has 1 amide bonds. The number of carbonyl (C=O) groups is 1. The molecular formula is C28H39NO4. The minimum atomic E-state index is -0.729. The van der Waals surface area contributed by atoms with E-state index in [1.807, 2.05) is 37.3 Å². The van der Waals surface area contributed by atoms with Crippen LogP contribution < -0.4 is 0 Å². The second-order valence-corrected chi connectivity index (χ2v) is 8.71. The van der Waals surface area contributed by atoms with Gasteiger partial charge in [-0.2, -0.15) is 0 Å². The summed E-state index contributed by atoms with van der Waals surface area (Å²) in [6.45, 7) is 4.07. The zero-order chi connectivity index (χ0) is 24.1. The van der Waals surface area contributed by atoms with Crippen molar-refractivity contribution >= 4 is 5.91 Å². The zero-order valence-corrected chi connectivity index (χ0v) is 19.8. The van der Waals surface area contributed by atoms with Crippen molar-refractivity contribution in [2.45, 2.75) is 82.8 Å². The van der Waals surface area contributed by atoms with Crippen LogP contribution in [0.4, 0.5) is 0 Å². The monoisotopic (exact) mass is 453 g/mol. The fraction of sp³-hybridized carbons (Fsp3) is 0.464. The van der Waals surface area contributed by atoms with Gasteiger partial charge in [-0.05, 0) is 32.6 Å². The lowest BCUT2D eigenvalue weighted by Crippen LogP contribution is -2.41. The number of rotatable bonds is 5. The summed E-state index contributed by atoms with van der Waals surface area (Å²) in [5.74, 6) is -0.144. The van der Waals surface area contributed by atoms with Crippen molar-refractivity contribution in [1.29, 1.82) is 0 Å². The SMILES string of the molecule is CCC/C=C/C=C/CC1CC(O)C2C=C(C)/C=C/C=C/C(O)CC(O)C/C=C/C=C/C(=O)N12. The van der Waals surface area contributed by atoms with Crippen molar-refractivity contribution in [3.63, 3.8) is 0 Å². The van der Waals surface area contributed by atoms with Gasteiger partial charge in [0, 0.05) is 18.5 Å². The highest BCUT2D eigenvalue weighted by atomic mass is 16.3. The number of aliphatic hydroxyl groups is 3. The van der Waals surface area contributed by atoms with E-state index in [2.05, 4.69) is 19.1 Å². The predicted octanol–water partition coefficient (Wildman–Crippen LogP) is 4.31. The van der Waals surface area contributed by atoms with Gasteiger partial charge in [0.1, 0.15) is 0 Å². The molecule has 2 aliphatic rings. The minimum absolute atomic E-state index is 0.0890. The minimum Gasteiger partial charge on any atom is -0.393 e. The maximum absolute atomic E-state index is 13.1. The van der Waals surface area contributed by atoms with Gasteiger partial charge in [-0.3, -0.25) is 4.79 Å². The number of fused-ring (bicyclic) bond motifs is 1. The summed E-state index contributed by atoms with van der Waals surface area (Å²) in [7, 11) is 0. The molecule has 33 heavy (non-hydrogen) atoms. The largest absolute Gasteiger partial charge is 0.393 e. The van der Waals surface area contributed by atoms with E-state index in [1.54, 1.807) is 35.3 Å². The topological polar surface area (TPSA) is 81.0 Å². The fourth-order valence-electron chi connectivity index (χ4n) is 4.06. The van der Waals surface area contributed by atoms with E-state index < -0.39 is 24.4 Å². The Hall–Kier alpha value is -2.47. The number of nitrogens with zero attached hydrogens (tertiary/aromatic N) is 1. The van der Waals surface area contributed by atoms with Crippen LogP contribution in [0.2, 0.25) is 0 Å². The van der Waals surface area contributed by atoms with Gasteiger partial charge < -0.3 is 20.2 Å². The molecule has 5 heteroatoms. The van der Waals surface area contributed by atoms with Crippen molar-refractivity contribution in [1.82, 2.24) is 4.90 Å². The Morgan fingerprint density at radius 1 is 1.03 bits per heavy atom. The quantitative estimate of drug-likeness (QED) is 0.542. The molecule has 0 aromatic carbocycles. The van der Waals surface area contributed by atoms with Crippen LogP contribution in [0.15, 0.2) is 84.6 Å². The summed E-state index contributed by atoms with van der Waals surface area (Å²) in [6, 6.07) is -0.495. The predicted molar refractivity (Wildman–Crippen MR) is 134 cm³/mol. The normalized spacial score (nSPS) is 33.6. The Balaban J connectivity index is 2.26. The first-order valence-electron chi connectivity index (χ1n) is 12.0. The van der Waals surface area contributed by atoms with Gasteiger partial charge in [0.15, 0.2) is 0 Å². The molecule has 0 saturated carbocycles. The van der Waals surface area contributed by atoms with E-state index in [1.165, 1.54) is 6.08 Å². The molecule has 2 aliphatic heterocycles. The highest BCUT2D eigenvalue weighted by molar-refractivity contribution is 5.89. The summed E-state index contributed by atoms with van der Waals surface area (Å²) < 4.78 is 0. The molecule has 0 spiro atoms. The highest BCUT2D eigenvalue weighted by Crippen LogP contribution is 2.29. The molecule has 5 unspecified atom stereocenters. The van der Waals surface area contributed by atoms with Crippen LogP contribution in [0, 0.1) is 0 Å². The first kappa shape index (κ1) is 26.8. The molecule has 180 valence electrons. The van der Waals surface area contributed by atoms with Gasteiger partial charge in [0.25, 0.3) is 0 Å². The highest BCUT2D eigenvalue weighted by Gasteiger charge is 2.40. The molecule has 1 saturated heterocycles. The fourth-order valence-corrected chi connectivity index (χ4v) is 4.06. The third-order valence-electron chi connectivity index (χ3n) is 5.77. The van der Waals surface area contributed by atoms with Crippen LogP contribution in [-0.2, 0) is 4.79 Å². The van der Waals surface area contributed by atoms with E-state index in [4.69, 9.17) is 0 Å². The van der Waals surface area contributed by atoms with E-state index in [-0.39, 0.29) is 18.4 Å². The van der Waals surface area contributed by atoms with E-state index >= 15 is 0 Å². The molecule has 0 aliphatic carbocycles. The van der Waals surface area contributed by atoms with Gasteiger partial charge in [0.2, 0.25) is 5.91 Å². The Bertz CT molecular complexity index is 818. The molecule has 2 heterocycles. The second kappa shape index (κ2) is 14.6. The number of hydrogen-bond donors (Lipinski definition) is 3. The Morgan fingerprint density at radius 2 is 1.79 bits per heavy atom. The van der Waals surface area contributed by atoms with Gasteiger partial charge in [-0.1, -0.05) is 91.8 Å². The lowest BCUT2D eigenvalue weighted by atomic mass is 10.1. The van der Waals surface area contributed by atoms with Crippen molar-refractivity contribution in [2.75, 3.05) is 0 Å². The summed E-state index contributed by atoms with van der Waals surface area (Å²) in [6.07, 6.45) is 25.9. The number of allylic oxidation sites excluding steroid dienone is 9. The van der Waals surface area contributed by atoms with Crippen molar-refractivity contribution in [3.8, 4) is 0 Å². The van der Waals surface area contributed by atoms with Gasteiger partial charge in [0.05, 0.1) is 24.4 Å². The summed E-state index contributed by atoms with van der Waals surface area (Å²) in [4.78, 5) is 14.9.